The lowest BCUT2D eigenvalue weighted by atomic mass is 10.2. The zero-order valence-electron chi connectivity index (χ0n) is 16.4. The Morgan fingerprint density at radius 1 is 0.682 bits per heavy atom. The molecule has 0 aromatic rings. The molecule has 0 aliphatic carbocycles. The van der Waals surface area contributed by atoms with E-state index in [2.05, 4.69) is 48.5 Å². The van der Waals surface area contributed by atoms with Crippen LogP contribution in [0.4, 0.5) is 0 Å². The van der Waals surface area contributed by atoms with Gasteiger partial charge in [-0.05, 0) is 42.8 Å². The van der Waals surface area contributed by atoms with Crippen LogP contribution in [0.2, 0.25) is 18.1 Å². The van der Waals surface area contributed by atoms with Crippen molar-refractivity contribution in [3.63, 3.8) is 0 Å². The van der Waals surface area contributed by atoms with E-state index in [1.54, 1.807) is 0 Å². The summed E-state index contributed by atoms with van der Waals surface area (Å²) < 4.78 is 12.1. The van der Waals surface area contributed by atoms with Crippen molar-refractivity contribution in [2.45, 2.75) is 85.9 Å². The summed E-state index contributed by atoms with van der Waals surface area (Å²) >= 11 is 0. The molecule has 0 fully saturated rings. The first-order valence-electron chi connectivity index (χ1n) is 9.53. The topological polar surface area (TPSA) is 18.5 Å². The van der Waals surface area contributed by atoms with Gasteiger partial charge in [-0.1, -0.05) is 60.8 Å². The normalized spacial score (nSPS) is 12.8. The molecule has 0 aromatic carbocycles. The summed E-state index contributed by atoms with van der Waals surface area (Å²) in [5.41, 5.74) is 0. The average molecular weight is 331 g/mol. The summed E-state index contributed by atoms with van der Waals surface area (Å²) in [5, 5.41) is 0. The van der Waals surface area contributed by atoms with Crippen molar-refractivity contribution < 1.29 is 9.16 Å². The molecule has 0 aliphatic heterocycles. The molecule has 0 saturated carbocycles. The predicted molar refractivity (Wildman–Crippen MR) is 101 cm³/mol. The van der Waals surface area contributed by atoms with Gasteiger partial charge in [0.05, 0.1) is 13.2 Å². The van der Waals surface area contributed by atoms with E-state index in [0.29, 0.717) is 0 Å². The van der Waals surface area contributed by atoms with Gasteiger partial charge < -0.3 is 9.16 Å². The molecule has 0 radical (unpaired) electrons. The van der Waals surface area contributed by atoms with Crippen LogP contribution >= 0.6 is 0 Å². The molecular formula is C19H42O2Si. The molecule has 0 unspecified atom stereocenters. The molecule has 134 valence electrons. The molecule has 0 heterocycles. The molecule has 0 rings (SSSR count). The van der Waals surface area contributed by atoms with E-state index in [1.807, 2.05) is 0 Å². The minimum absolute atomic E-state index is 0.760. The highest BCUT2D eigenvalue weighted by molar-refractivity contribution is 6.73. The molecule has 0 bridgehead atoms. The van der Waals surface area contributed by atoms with Gasteiger partial charge in [-0.25, -0.2) is 0 Å². The standard InChI is InChI=1S/C19H42O2Si/c1-8-20-12-13-21-22(14-9-17(2)3,15-10-18(4)5)16-11-19(6)7/h17-19H,8-16H2,1-7H3. The molecule has 0 amide bonds. The molecule has 0 saturated heterocycles. The molecule has 22 heavy (non-hydrogen) atoms. The minimum Gasteiger partial charge on any atom is -0.414 e. The molecule has 3 heteroatoms. The van der Waals surface area contributed by atoms with Gasteiger partial charge in [0.15, 0.2) is 8.32 Å². The zero-order chi connectivity index (χ0) is 17.0. The van der Waals surface area contributed by atoms with Crippen molar-refractivity contribution in [2.75, 3.05) is 19.8 Å². The summed E-state index contributed by atoms with van der Waals surface area (Å²) in [4.78, 5) is 0. The van der Waals surface area contributed by atoms with Crippen molar-refractivity contribution in [1.29, 1.82) is 0 Å². The summed E-state index contributed by atoms with van der Waals surface area (Å²) in [6.07, 6.45) is 3.95. The van der Waals surface area contributed by atoms with Crippen LogP contribution in [0.15, 0.2) is 0 Å². The lowest BCUT2D eigenvalue weighted by Gasteiger charge is -2.34. The second kappa shape index (κ2) is 12.5. The third kappa shape index (κ3) is 11.7. The Hall–Kier alpha value is 0.137. The fourth-order valence-corrected chi connectivity index (χ4v) is 7.72. The molecule has 0 N–H and O–H groups in total. The molecule has 0 aromatic heterocycles. The second-order valence-corrected chi connectivity index (χ2v) is 12.2. The van der Waals surface area contributed by atoms with E-state index in [0.717, 1.165) is 37.6 Å². The SMILES string of the molecule is CCOCCO[Si](CCC(C)C)(CCC(C)C)CCC(C)C. The Labute approximate surface area is 141 Å². The summed E-state index contributed by atoms with van der Waals surface area (Å²) in [6, 6.07) is 3.99. The minimum atomic E-state index is -1.61. The lowest BCUT2D eigenvalue weighted by molar-refractivity contribution is 0.105. The van der Waals surface area contributed by atoms with Crippen LogP contribution in [0.5, 0.6) is 0 Å². The van der Waals surface area contributed by atoms with Crippen LogP contribution in [-0.4, -0.2) is 28.1 Å². The predicted octanol–water partition coefficient (Wildman–Crippen LogP) is 6.12. The van der Waals surface area contributed by atoms with Gasteiger partial charge in [-0.2, -0.15) is 0 Å². The second-order valence-electron chi connectivity index (χ2n) is 8.03. The van der Waals surface area contributed by atoms with Gasteiger partial charge in [-0.15, -0.1) is 0 Å². The summed E-state index contributed by atoms with van der Waals surface area (Å²) in [7, 11) is -1.61. The number of hydrogen-bond acceptors (Lipinski definition) is 2. The van der Waals surface area contributed by atoms with E-state index < -0.39 is 8.32 Å². The van der Waals surface area contributed by atoms with Crippen LogP contribution in [0.3, 0.4) is 0 Å². The molecular weight excluding hydrogens is 288 g/mol. The highest BCUT2D eigenvalue weighted by Crippen LogP contribution is 2.32. The first kappa shape index (κ1) is 22.1. The van der Waals surface area contributed by atoms with Crippen LogP contribution in [0, 0.1) is 17.8 Å². The summed E-state index contributed by atoms with van der Waals surface area (Å²) in [5.74, 6) is 2.33. The first-order chi connectivity index (χ1) is 10.3. The number of rotatable bonds is 14. The summed E-state index contributed by atoms with van der Waals surface area (Å²) in [6.45, 7) is 18.4. The van der Waals surface area contributed by atoms with Crippen molar-refractivity contribution in [1.82, 2.24) is 0 Å². The number of hydrogen-bond donors (Lipinski definition) is 0. The van der Waals surface area contributed by atoms with Crippen LogP contribution < -0.4 is 0 Å². The highest BCUT2D eigenvalue weighted by atomic mass is 28.4. The van der Waals surface area contributed by atoms with E-state index >= 15 is 0 Å². The van der Waals surface area contributed by atoms with Crippen molar-refractivity contribution >= 4 is 8.32 Å². The van der Waals surface area contributed by atoms with Gasteiger partial charge in [-0.3, -0.25) is 0 Å². The van der Waals surface area contributed by atoms with Crippen LogP contribution in [0.25, 0.3) is 0 Å². The van der Waals surface area contributed by atoms with Crippen LogP contribution in [0.1, 0.15) is 67.7 Å². The Morgan fingerprint density at radius 2 is 1.09 bits per heavy atom. The third-order valence-electron chi connectivity index (χ3n) is 4.37. The van der Waals surface area contributed by atoms with E-state index in [4.69, 9.17) is 9.16 Å². The average Bonchev–Trinajstić information content (AvgIpc) is 2.44. The molecule has 0 spiro atoms. The van der Waals surface area contributed by atoms with E-state index in [1.165, 1.54) is 37.4 Å². The Kier molecular flexibility index (Phi) is 12.6. The van der Waals surface area contributed by atoms with E-state index in [-0.39, 0.29) is 0 Å². The van der Waals surface area contributed by atoms with Crippen molar-refractivity contribution in [2.24, 2.45) is 17.8 Å². The fourth-order valence-electron chi connectivity index (χ4n) is 2.71. The van der Waals surface area contributed by atoms with Gasteiger partial charge in [0, 0.05) is 6.61 Å². The third-order valence-corrected chi connectivity index (χ3v) is 8.79. The fraction of sp³-hybridized carbons (Fsp3) is 1.00. The maximum Gasteiger partial charge on any atom is 0.192 e. The van der Waals surface area contributed by atoms with Gasteiger partial charge >= 0.3 is 0 Å². The highest BCUT2D eigenvalue weighted by Gasteiger charge is 2.34. The van der Waals surface area contributed by atoms with Crippen molar-refractivity contribution in [3.05, 3.63) is 0 Å². The quantitative estimate of drug-likeness (QED) is 0.282. The maximum atomic E-state index is 6.60. The molecule has 2 nitrogen and oxygen atoms in total. The Bertz CT molecular complexity index is 221. The largest absolute Gasteiger partial charge is 0.414 e. The van der Waals surface area contributed by atoms with Gasteiger partial charge in [0.2, 0.25) is 0 Å². The van der Waals surface area contributed by atoms with Gasteiger partial charge in [0.25, 0.3) is 0 Å². The van der Waals surface area contributed by atoms with E-state index in [9.17, 15) is 0 Å². The van der Waals surface area contributed by atoms with Crippen molar-refractivity contribution in [3.8, 4) is 0 Å². The lowest BCUT2D eigenvalue weighted by Crippen LogP contribution is -2.40. The van der Waals surface area contributed by atoms with Crippen LogP contribution in [-0.2, 0) is 9.16 Å². The monoisotopic (exact) mass is 330 g/mol. The number of ether oxygens (including phenoxy) is 1. The Balaban J connectivity index is 4.76. The maximum absolute atomic E-state index is 6.60. The van der Waals surface area contributed by atoms with Gasteiger partial charge in [0.1, 0.15) is 0 Å². The molecule has 0 atom stereocenters. The molecule has 0 aliphatic rings. The zero-order valence-corrected chi connectivity index (χ0v) is 17.4. The first-order valence-corrected chi connectivity index (χ1v) is 12.1. The Morgan fingerprint density at radius 3 is 1.41 bits per heavy atom. The smallest absolute Gasteiger partial charge is 0.192 e.